The van der Waals surface area contributed by atoms with Crippen molar-refractivity contribution in [3.8, 4) is 0 Å². The van der Waals surface area contributed by atoms with Crippen LogP contribution < -0.4 is 4.90 Å². The summed E-state index contributed by atoms with van der Waals surface area (Å²) < 4.78 is 0. The molecule has 1 atom stereocenters. The third-order valence-electron chi connectivity index (χ3n) is 4.37. The predicted molar refractivity (Wildman–Crippen MR) is 85.5 cm³/mol. The molecule has 1 N–H and O–H groups in total. The number of fused-ring (bicyclic) bond motifs is 1. The molecule has 3 aliphatic heterocycles. The number of rotatable bonds is 1. The largest absolute Gasteiger partial charge is 0.364 e. The van der Waals surface area contributed by atoms with Gasteiger partial charge in [-0.15, -0.1) is 0 Å². The Morgan fingerprint density at radius 2 is 1.95 bits per heavy atom. The van der Waals surface area contributed by atoms with E-state index in [1.165, 1.54) is 0 Å². The van der Waals surface area contributed by atoms with Crippen molar-refractivity contribution in [2.45, 2.75) is 25.5 Å². The molecule has 2 aromatic rings. The third-order valence-corrected chi connectivity index (χ3v) is 4.37. The van der Waals surface area contributed by atoms with Crippen LogP contribution in [0.3, 0.4) is 0 Å². The summed E-state index contributed by atoms with van der Waals surface area (Å²) in [6.45, 7) is 2.03. The quantitative estimate of drug-likeness (QED) is 0.879. The zero-order valence-corrected chi connectivity index (χ0v) is 12.3. The number of aliphatic hydroxyl groups is 1. The molecule has 3 heterocycles. The second-order valence-corrected chi connectivity index (χ2v) is 5.88. The maximum Gasteiger partial charge on any atom is 0.251 e. The van der Waals surface area contributed by atoms with Crippen LogP contribution in [0.4, 0.5) is 11.4 Å². The number of Topliss-reactive ketones (excluding diaryl/α,β-unsaturated/α-hetero) is 1. The van der Waals surface area contributed by atoms with Crippen molar-refractivity contribution in [2.24, 2.45) is 4.99 Å². The van der Waals surface area contributed by atoms with E-state index in [2.05, 4.69) is 11.1 Å². The van der Waals surface area contributed by atoms with Crippen molar-refractivity contribution in [3.05, 3.63) is 59.7 Å². The van der Waals surface area contributed by atoms with Crippen molar-refractivity contribution < 1.29 is 9.90 Å². The Labute approximate surface area is 128 Å². The molecule has 4 nitrogen and oxygen atoms in total. The molecule has 110 valence electrons. The van der Waals surface area contributed by atoms with Crippen LogP contribution in [0.25, 0.3) is 0 Å². The highest BCUT2D eigenvalue weighted by atomic mass is 16.3. The molecule has 0 amide bonds. The summed E-state index contributed by atoms with van der Waals surface area (Å²) in [5, 5.41) is 10.8. The second-order valence-electron chi connectivity index (χ2n) is 5.88. The van der Waals surface area contributed by atoms with Crippen LogP contribution in [0.1, 0.15) is 17.5 Å². The highest BCUT2D eigenvalue weighted by Gasteiger charge is 2.58. The topological polar surface area (TPSA) is 52.9 Å². The molecule has 22 heavy (non-hydrogen) atoms. The van der Waals surface area contributed by atoms with Gasteiger partial charge < -0.3 is 5.11 Å². The van der Waals surface area contributed by atoms with Crippen LogP contribution in [0.2, 0.25) is 0 Å². The van der Waals surface area contributed by atoms with Crippen molar-refractivity contribution in [1.82, 2.24) is 0 Å². The summed E-state index contributed by atoms with van der Waals surface area (Å²) >= 11 is 0. The Bertz CT molecular complexity index is 798. The van der Waals surface area contributed by atoms with Crippen LogP contribution in [0.15, 0.2) is 53.5 Å². The minimum Gasteiger partial charge on any atom is -0.364 e. The van der Waals surface area contributed by atoms with E-state index >= 15 is 0 Å². The van der Waals surface area contributed by atoms with E-state index in [-0.39, 0.29) is 5.78 Å². The number of ketones is 1. The lowest BCUT2D eigenvalue weighted by Gasteiger charge is -2.49. The number of nitrogens with zero attached hydrogens (tertiary/aromatic N) is 2. The maximum atomic E-state index is 12.4. The first-order chi connectivity index (χ1) is 10.6. The van der Waals surface area contributed by atoms with E-state index in [0.717, 1.165) is 22.5 Å². The number of benzene rings is 2. The van der Waals surface area contributed by atoms with Gasteiger partial charge in [0.2, 0.25) is 5.72 Å². The molecule has 2 bridgehead atoms. The fraction of sp³-hybridized carbons (Fsp3) is 0.222. The summed E-state index contributed by atoms with van der Waals surface area (Å²) in [6, 6.07) is 15.5. The number of para-hydroxylation sites is 1. The van der Waals surface area contributed by atoms with Crippen LogP contribution in [0, 0.1) is 6.92 Å². The normalized spacial score (nSPS) is 23.1. The first-order valence-electron chi connectivity index (χ1n) is 7.40. The Balaban J connectivity index is 1.87. The van der Waals surface area contributed by atoms with Crippen LogP contribution in [-0.4, -0.2) is 22.5 Å². The van der Waals surface area contributed by atoms with E-state index in [1.807, 2.05) is 49.4 Å². The zero-order chi connectivity index (χ0) is 15.3. The molecule has 1 fully saturated rings. The molecule has 0 radical (unpaired) electrons. The monoisotopic (exact) mass is 292 g/mol. The lowest BCUT2D eigenvalue weighted by Crippen LogP contribution is -2.73. The summed E-state index contributed by atoms with van der Waals surface area (Å²) in [7, 11) is 0. The Morgan fingerprint density at radius 1 is 1.18 bits per heavy atom. The standard InChI is InChI=1S/C18H16N2O2/c1-12-7-8-15-13(11-12)9-10-18(22)16(21)17(19-15)20(18)14-5-3-2-4-6-14/h2-8,11,22H,9-10H2,1H3/t18-/m1/s1. The molecular weight excluding hydrogens is 276 g/mol. The molecule has 0 unspecified atom stereocenters. The van der Waals surface area contributed by atoms with Gasteiger partial charge in [-0.2, -0.15) is 0 Å². The molecule has 0 saturated carbocycles. The molecule has 5 rings (SSSR count). The molecule has 0 aliphatic carbocycles. The highest BCUT2D eigenvalue weighted by molar-refractivity contribution is 6.55. The van der Waals surface area contributed by atoms with E-state index < -0.39 is 5.72 Å². The summed E-state index contributed by atoms with van der Waals surface area (Å²) in [5.41, 5.74) is 2.37. The van der Waals surface area contributed by atoms with Crippen molar-refractivity contribution in [2.75, 3.05) is 4.90 Å². The zero-order valence-electron chi connectivity index (χ0n) is 12.3. The SMILES string of the molecule is Cc1ccc2c(c1)CC[C@@]1(O)C(=O)C(=N2)N1c1ccccc1. The Kier molecular flexibility index (Phi) is 2.71. The van der Waals surface area contributed by atoms with Gasteiger partial charge in [-0.1, -0.05) is 35.9 Å². The maximum absolute atomic E-state index is 12.4. The molecule has 0 aromatic heterocycles. The lowest BCUT2D eigenvalue weighted by molar-refractivity contribution is -0.135. The third kappa shape index (κ3) is 1.74. The first kappa shape index (κ1) is 13.2. The number of carbonyl (C=O) groups is 1. The van der Waals surface area contributed by atoms with Gasteiger partial charge in [-0.3, -0.25) is 9.69 Å². The smallest absolute Gasteiger partial charge is 0.251 e. The van der Waals surface area contributed by atoms with E-state index in [0.29, 0.717) is 18.7 Å². The summed E-state index contributed by atoms with van der Waals surface area (Å²) in [4.78, 5) is 18.6. The van der Waals surface area contributed by atoms with Crippen LogP contribution in [-0.2, 0) is 11.2 Å². The predicted octanol–water partition coefficient (Wildman–Crippen LogP) is 2.75. The van der Waals surface area contributed by atoms with Gasteiger partial charge in [-0.25, -0.2) is 4.99 Å². The number of aryl methyl sites for hydroxylation is 2. The molecule has 1 saturated heterocycles. The summed E-state index contributed by atoms with van der Waals surface area (Å²) in [5.74, 6) is 0.0288. The van der Waals surface area contributed by atoms with E-state index in [1.54, 1.807) is 4.90 Å². The van der Waals surface area contributed by atoms with Gasteiger partial charge in [0.15, 0.2) is 5.84 Å². The van der Waals surface area contributed by atoms with Crippen molar-refractivity contribution >= 4 is 23.0 Å². The molecule has 4 heteroatoms. The summed E-state index contributed by atoms with van der Waals surface area (Å²) in [6.07, 6.45) is 0.996. The van der Waals surface area contributed by atoms with Crippen LogP contribution >= 0.6 is 0 Å². The van der Waals surface area contributed by atoms with Crippen LogP contribution in [0.5, 0.6) is 0 Å². The molecule has 2 aromatic carbocycles. The fourth-order valence-electron chi connectivity index (χ4n) is 3.19. The lowest BCUT2D eigenvalue weighted by atomic mass is 9.85. The number of hydrogen-bond acceptors (Lipinski definition) is 4. The van der Waals surface area contributed by atoms with Gasteiger partial charge in [0.05, 0.1) is 5.69 Å². The van der Waals surface area contributed by atoms with E-state index in [9.17, 15) is 9.90 Å². The second kappa shape index (κ2) is 4.52. The number of aliphatic imine (C=N–C) groups is 1. The average Bonchev–Trinajstić information content (AvgIpc) is 2.53. The Hall–Kier alpha value is -2.46. The molecular formula is C18H16N2O2. The first-order valence-corrected chi connectivity index (χ1v) is 7.40. The van der Waals surface area contributed by atoms with E-state index in [4.69, 9.17) is 0 Å². The van der Waals surface area contributed by atoms with Crippen molar-refractivity contribution in [3.63, 3.8) is 0 Å². The number of amidine groups is 1. The minimum absolute atomic E-state index is 0.289. The number of hydrogen-bond donors (Lipinski definition) is 1. The molecule has 0 spiro atoms. The number of anilines is 1. The minimum atomic E-state index is -1.47. The number of carbonyl (C=O) groups excluding carboxylic acids is 1. The van der Waals surface area contributed by atoms with Gasteiger partial charge >= 0.3 is 0 Å². The van der Waals surface area contributed by atoms with Crippen molar-refractivity contribution in [1.29, 1.82) is 0 Å². The van der Waals surface area contributed by atoms with Gasteiger partial charge in [-0.05, 0) is 37.1 Å². The highest BCUT2D eigenvalue weighted by Crippen LogP contribution is 2.40. The van der Waals surface area contributed by atoms with Gasteiger partial charge in [0.25, 0.3) is 5.78 Å². The average molecular weight is 292 g/mol. The Morgan fingerprint density at radius 3 is 2.73 bits per heavy atom. The van der Waals surface area contributed by atoms with Gasteiger partial charge in [0, 0.05) is 12.1 Å². The fourth-order valence-corrected chi connectivity index (χ4v) is 3.19. The molecule has 3 aliphatic rings. The van der Waals surface area contributed by atoms with Gasteiger partial charge in [0.1, 0.15) is 0 Å².